The van der Waals surface area contributed by atoms with Crippen molar-refractivity contribution in [1.29, 1.82) is 0 Å². The zero-order valence-corrected chi connectivity index (χ0v) is 12.6. The number of methoxy groups -OCH3 is 1. The summed E-state index contributed by atoms with van der Waals surface area (Å²) in [6.45, 7) is 4.01. The molecule has 0 spiro atoms. The number of H-pyrrole nitrogens is 1. The summed E-state index contributed by atoms with van der Waals surface area (Å²) < 4.78 is 10.7. The van der Waals surface area contributed by atoms with Crippen molar-refractivity contribution < 1.29 is 9.47 Å². The van der Waals surface area contributed by atoms with Crippen LogP contribution in [0.25, 0.3) is 0 Å². The third-order valence-corrected chi connectivity index (χ3v) is 2.73. The number of benzene rings is 1. The van der Waals surface area contributed by atoms with Crippen molar-refractivity contribution in [3.63, 3.8) is 0 Å². The van der Waals surface area contributed by atoms with E-state index in [2.05, 4.69) is 25.7 Å². The van der Waals surface area contributed by atoms with E-state index >= 15 is 0 Å². The maximum atomic E-state index is 11.4. The standard InChI is InChI=1S/C14H17N5O3/c1-4-22-12-7-10(5-6-11(12)21-3)8-15-18-14-16-13(20)9(2)17-19-14/h5-8H,4H2,1-3H3,(H2,16,18,19,20)/b15-8-. The van der Waals surface area contributed by atoms with Crippen LogP contribution in [0, 0.1) is 6.92 Å². The summed E-state index contributed by atoms with van der Waals surface area (Å²) >= 11 is 0. The van der Waals surface area contributed by atoms with Crippen molar-refractivity contribution >= 4 is 12.2 Å². The first kappa shape index (κ1) is 15.5. The fourth-order valence-corrected chi connectivity index (χ4v) is 1.65. The van der Waals surface area contributed by atoms with E-state index in [1.807, 2.05) is 13.0 Å². The Labute approximate surface area is 127 Å². The number of rotatable bonds is 6. The quantitative estimate of drug-likeness (QED) is 0.616. The van der Waals surface area contributed by atoms with Crippen LogP contribution in [0.5, 0.6) is 11.5 Å². The summed E-state index contributed by atoms with van der Waals surface area (Å²) in [4.78, 5) is 13.9. The van der Waals surface area contributed by atoms with Gasteiger partial charge in [0.15, 0.2) is 11.5 Å². The van der Waals surface area contributed by atoms with Crippen molar-refractivity contribution in [2.24, 2.45) is 5.10 Å². The minimum Gasteiger partial charge on any atom is -0.493 e. The molecule has 0 unspecified atom stereocenters. The average Bonchev–Trinajstić information content (AvgIpc) is 2.51. The number of aromatic amines is 1. The molecule has 1 heterocycles. The minimum absolute atomic E-state index is 0.172. The number of hydrogen-bond donors (Lipinski definition) is 2. The molecule has 0 radical (unpaired) electrons. The molecule has 8 heteroatoms. The van der Waals surface area contributed by atoms with Gasteiger partial charge in [-0.1, -0.05) is 0 Å². The Morgan fingerprint density at radius 2 is 2.18 bits per heavy atom. The van der Waals surface area contributed by atoms with Gasteiger partial charge in [0, 0.05) is 0 Å². The lowest BCUT2D eigenvalue weighted by Gasteiger charge is -2.09. The molecule has 2 aromatic rings. The molecule has 0 bridgehead atoms. The first-order valence-electron chi connectivity index (χ1n) is 6.67. The smallest absolute Gasteiger partial charge is 0.274 e. The third kappa shape index (κ3) is 3.81. The number of nitrogens with one attached hydrogen (secondary N) is 2. The molecule has 0 aliphatic heterocycles. The highest BCUT2D eigenvalue weighted by atomic mass is 16.5. The molecule has 0 aliphatic carbocycles. The van der Waals surface area contributed by atoms with Gasteiger partial charge in [-0.05, 0) is 37.6 Å². The van der Waals surface area contributed by atoms with Crippen molar-refractivity contribution in [1.82, 2.24) is 15.2 Å². The molecule has 0 amide bonds. The molecule has 22 heavy (non-hydrogen) atoms. The summed E-state index contributed by atoms with van der Waals surface area (Å²) in [5.41, 5.74) is 3.40. The molecule has 0 saturated carbocycles. The van der Waals surface area contributed by atoms with Crippen molar-refractivity contribution in [2.75, 3.05) is 19.1 Å². The Balaban J connectivity index is 2.10. The van der Waals surface area contributed by atoms with Gasteiger partial charge in [0.05, 0.1) is 19.9 Å². The normalized spacial score (nSPS) is 10.7. The molecular weight excluding hydrogens is 286 g/mol. The van der Waals surface area contributed by atoms with Crippen molar-refractivity contribution in [3.8, 4) is 11.5 Å². The lowest BCUT2D eigenvalue weighted by Crippen LogP contribution is -2.15. The van der Waals surface area contributed by atoms with Crippen LogP contribution in [0.15, 0.2) is 28.1 Å². The van der Waals surface area contributed by atoms with Crippen LogP contribution < -0.4 is 20.5 Å². The van der Waals surface area contributed by atoms with Crippen LogP contribution in [-0.4, -0.2) is 35.1 Å². The molecular formula is C14H17N5O3. The van der Waals surface area contributed by atoms with E-state index in [0.29, 0.717) is 23.8 Å². The topological polar surface area (TPSA) is 101 Å². The lowest BCUT2D eigenvalue weighted by atomic mass is 10.2. The predicted octanol–water partition coefficient (Wildman–Crippen LogP) is 1.33. The molecule has 0 saturated heterocycles. The number of aryl methyl sites for hydroxylation is 1. The Hall–Kier alpha value is -2.90. The first-order chi connectivity index (χ1) is 10.6. The van der Waals surface area contributed by atoms with Gasteiger partial charge >= 0.3 is 0 Å². The van der Waals surface area contributed by atoms with Gasteiger partial charge < -0.3 is 9.47 Å². The second-order valence-electron chi connectivity index (χ2n) is 4.30. The first-order valence-corrected chi connectivity index (χ1v) is 6.67. The largest absolute Gasteiger partial charge is 0.493 e. The fourth-order valence-electron chi connectivity index (χ4n) is 1.65. The van der Waals surface area contributed by atoms with Gasteiger partial charge in [-0.2, -0.15) is 5.10 Å². The van der Waals surface area contributed by atoms with E-state index in [1.54, 1.807) is 32.4 Å². The van der Waals surface area contributed by atoms with Crippen LogP contribution in [0.2, 0.25) is 0 Å². The Bertz CT molecular complexity index is 727. The van der Waals surface area contributed by atoms with Crippen LogP contribution >= 0.6 is 0 Å². The number of ether oxygens (including phenoxy) is 2. The van der Waals surface area contributed by atoms with Crippen LogP contribution in [0.1, 0.15) is 18.2 Å². The van der Waals surface area contributed by atoms with E-state index in [1.165, 1.54) is 0 Å². The lowest BCUT2D eigenvalue weighted by molar-refractivity contribution is 0.311. The Morgan fingerprint density at radius 3 is 2.86 bits per heavy atom. The molecule has 2 N–H and O–H groups in total. The summed E-state index contributed by atoms with van der Waals surface area (Å²) in [6.07, 6.45) is 1.57. The maximum absolute atomic E-state index is 11.4. The zero-order valence-electron chi connectivity index (χ0n) is 12.6. The highest BCUT2D eigenvalue weighted by Crippen LogP contribution is 2.27. The molecule has 8 nitrogen and oxygen atoms in total. The second kappa shape index (κ2) is 7.21. The summed E-state index contributed by atoms with van der Waals surface area (Å²) in [7, 11) is 1.58. The molecule has 116 valence electrons. The van der Waals surface area contributed by atoms with Crippen LogP contribution in [0.4, 0.5) is 5.95 Å². The number of hydrazone groups is 1. The number of anilines is 1. The Morgan fingerprint density at radius 1 is 1.36 bits per heavy atom. The van der Waals surface area contributed by atoms with Gasteiger partial charge in [-0.25, -0.2) is 5.43 Å². The molecule has 0 atom stereocenters. The van der Waals surface area contributed by atoms with E-state index in [-0.39, 0.29) is 11.5 Å². The summed E-state index contributed by atoms with van der Waals surface area (Å²) in [5.74, 6) is 1.46. The maximum Gasteiger partial charge on any atom is 0.274 e. The molecule has 2 rings (SSSR count). The van der Waals surface area contributed by atoms with Crippen molar-refractivity contribution in [2.45, 2.75) is 13.8 Å². The van der Waals surface area contributed by atoms with Crippen LogP contribution in [0.3, 0.4) is 0 Å². The molecule has 1 aromatic heterocycles. The third-order valence-electron chi connectivity index (χ3n) is 2.73. The summed E-state index contributed by atoms with van der Waals surface area (Å²) in [5, 5.41) is 11.5. The highest BCUT2D eigenvalue weighted by Gasteiger charge is 2.04. The minimum atomic E-state index is -0.309. The fraction of sp³-hybridized carbons (Fsp3) is 0.286. The van der Waals surface area contributed by atoms with Gasteiger partial charge in [-0.15, -0.1) is 10.2 Å². The van der Waals surface area contributed by atoms with E-state index in [4.69, 9.17) is 9.47 Å². The van der Waals surface area contributed by atoms with E-state index in [0.717, 1.165) is 5.56 Å². The number of hydrogen-bond acceptors (Lipinski definition) is 7. The zero-order chi connectivity index (χ0) is 15.9. The van der Waals surface area contributed by atoms with Gasteiger partial charge in [0.25, 0.3) is 5.56 Å². The van der Waals surface area contributed by atoms with Gasteiger partial charge in [0.2, 0.25) is 5.95 Å². The summed E-state index contributed by atoms with van der Waals surface area (Å²) in [6, 6.07) is 5.42. The van der Waals surface area contributed by atoms with E-state index < -0.39 is 0 Å². The van der Waals surface area contributed by atoms with Crippen molar-refractivity contribution in [3.05, 3.63) is 39.8 Å². The molecule has 0 aliphatic rings. The molecule has 1 aromatic carbocycles. The average molecular weight is 303 g/mol. The predicted molar refractivity (Wildman–Crippen MR) is 82.8 cm³/mol. The second-order valence-corrected chi connectivity index (χ2v) is 4.30. The van der Waals surface area contributed by atoms with Crippen LogP contribution in [-0.2, 0) is 0 Å². The molecule has 0 fully saturated rings. The van der Waals surface area contributed by atoms with E-state index in [9.17, 15) is 4.79 Å². The van der Waals surface area contributed by atoms with Gasteiger partial charge in [0.1, 0.15) is 5.69 Å². The Kier molecular flexibility index (Phi) is 5.07. The highest BCUT2D eigenvalue weighted by molar-refractivity contribution is 5.81. The van der Waals surface area contributed by atoms with Gasteiger partial charge in [-0.3, -0.25) is 9.78 Å². The number of aromatic nitrogens is 3. The number of nitrogens with zero attached hydrogens (tertiary/aromatic N) is 3. The monoisotopic (exact) mass is 303 g/mol. The SMILES string of the molecule is CCOc1cc(/C=N\Nc2nnc(C)c(=O)[nH]2)ccc1OC.